The third-order valence-electron chi connectivity index (χ3n) is 3.12. The molecule has 0 aliphatic carbocycles. The number of hydrogen-bond acceptors (Lipinski definition) is 4. The Balaban J connectivity index is 1.92. The first-order valence-corrected chi connectivity index (χ1v) is 6.67. The summed E-state index contributed by atoms with van der Waals surface area (Å²) in [6.07, 6.45) is 1.73. The van der Waals surface area contributed by atoms with Crippen molar-refractivity contribution in [1.82, 2.24) is 9.88 Å². The summed E-state index contributed by atoms with van der Waals surface area (Å²) in [7, 11) is 1.58. The fourth-order valence-corrected chi connectivity index (χ4v) is 2.23. The fraction of sp³-hybridized carbons (Fsp3) is 0.462. The number of nitrogens with one attached hydrogen (secondary N) is 1. The molecular weight excluding hydrogens is 282 g/mol. The number of anilines is 1. The summed E-state index contributed by atoms with van der Waals surface area (Å²) in [6, 6.07) is 3.20. The van der Waals surface area contributed by atoms with E-state index in [-0.39, 0.29) is 24.2 Å². The van der Waals surface area contributed by atoms with Crippen molar-refractivity contribution in [2.24, 2.45) is 5.92 Å². The smallest absolute Gasteiger partial charge is 0.230 e. The maximum absolute atomic E-state index is 12.1. The largest absolute Gasteiger partial charge is 0.383 e. The lowest BCUT2D eigenvalue weighted by Gasteiger charge is -2.15. The maximum atomic E-state index is 12.1. The van der Waals surface area contributed by atoms with E-state index in [1.54, 1.807) is 24.1 Å². The maximum Gasteiger partial charge on any atom is 0.230 e. The van der Waals surface area contributed by atoms with Crippen molar-refractivity contribution in [2.75, 3.05) is 32.1 Å². The molecule has 1 saturated heterocycles. The third kappa shape index (κ3) is 3.68. The molecule has 1 aromatic heterocycles. The number of likely N-dealkylation sites (tertiary alicyclic amines) is 1. The SMILES string of the molecule is COCCN1CC(C(=O)Nc2cc(Cl)ccn2)CC1=O. The Labute approximate surface area is 122 Å². The Hall–Kier alpha value is -1.66. The van der Waals surface area contributed by atoms with E-state index in [1.165, 1.54) is 6.20 Å². The lowest BCUT2D eigenvalue weighted by molar-refractivity contribution is -0.128. The van der Waals surface area contributed by atoms with Crippen LogP contribution in [0.15, 0.2) is 18.3 Å². The molecule has 0 saturated carbocycles. The molecule has 2 heterocycles. The average molecular weight is 298 g/mol. The number of aromatic nitrogens is 1. The predicted octanol–water partition coefficient (Wildman–Crippen LogP) is 1.17. The molecule has 0 spiro atoms. The molecule has 2 amide bonds. The summed E-state index contributed by atoms with van der Waals surface area (Å²) in [5, 5.41) is 3.18. The Morgan fingerprint density at radius 2 is 2.45 bits per heavy atom. The number of pyridine rings is 1. The van der Waals surface area contributed by atoms with E-state index in [9.17, 15) is 9.59 Å². The highest BCUT2D eigenvalue weighted by Gasteiger charge is 2.34. The molecule has 20 heavy (non-hydrogen) atoms. The van der Waals surface area contributed by atoms with Crippen LogP contribution >= 0.6 is 11.6 Å². The van der Waals surface area contributed by atoms with Gasteiger partial charge in [0.2, 0.25) is 11.8 Å². The number of nitrogens with zero attached hydrogens (tertiary/aromatic N) is 2. The Bertz CT molecular complexity index is 509. The van der Waals surface area contributed by atoms with Gasteiger partial charge in [-0.05, 0) is 12.1 Å². The van der Waals surface area contributed by atoms with Crippen LogP contribution in [0.1, 0.15) is 6.42 Å². The van der Waals surface area contributed by atoms with E-state index < -0.39 is 0 Å². The zero-order valence-electron chi connectivity index (χ0n) is 11.1. The lowest BCUT2D eigenvalue weighted by atomic mass is 10.1. The van der Waals surface area contributed by atoms with Crippen molar-refractivity contribution in [3.05, 3.63) is 23.4 Å². The monoisotopic (exact) mass is 297 g/mol. The number of carbonyl (C=O) groups excluding carboxylic acids is 2. The molecule has 1 aromatic rings. The molecule has 0 radical (unpaired) electrons. The van der Waals surface area contributed by atoms with Crippen LogP contribution < -0.4 is 5.32 Å². The van der Waals surface area contributed by atoms with E-state index in [4.69, 9.17) is 16.3 Å². The minimum absolute atomic E-state index is 0.0266. The molecule has 1 atom stereocenters. The first kappa shape index (κ1) is 14.7. The molecule has 1 fully saturated rings. The van der Waals surface area contributed by atoms with Crippen LogP contribution in [0.2, 0.25) is 5.02 Å². The van der Waals surface area contributed by atoms with Crippen LogP contribution in [0.4, 0.5) is 5.82 Å². The van der Waals surface area contributed by atoms with Gasteiger partial charge in [-0.25, -0.2) is 4.98 Å². The van der Waals surface area contributed by atoms with Crippen LogP contribution in [-0.4, -0.2) is 48.5 Å². The van der Waals surface area contributed by atoms with E-state index in [0.29, 0.717) is 30.5 Å². The van der Waals surface area contributed by atoms with Gasteiger partial charge in [-0.2, -0.15) is 0 Å². The number of amides is 2. The summed E-state index contributed by atoms with van der Waals surface area (Å²) in [5.74, 6) is -0.209. The highest BCUT2D eigenvalue weighted by atomic mass is 35.5. The normalized spacial score (nSPS) is 18.4. The van der Waals surface area contributed by atoms with Crippen molar-refractivity contribution in [3.8, 4) is 0 Å². The highest BCUT2D eigenvalue weighted by molar-refractivity contribution is 6.30. The van der Waals surface area contributed by atoms with E-state index >= 15 is 0 Å². The summed E-state index contributed by atoms with van der Waals surface area (Å²) in [4.78, 5) is 29.5. The van der Waals surface area contributed by atoms with Crippen molar-refractivity contribution in [3.63, 3.8) is 0 Å². The zero-order chi connectivity index (χ0) is 14.5. The molecule has 1 unspecified atom stereocenters. The molecule has 108 valence electrons. The highest BCUT2D eigenvalue weighted by Crippen LogP contribution is 2.20. The van der Waals surface area contributed by atoms with Gasteiger partial charge in [0.05, 0.1) is 12.5 Å². The topological polar surface area (TPSA) is 71.5 Å². The van der Waals surface area contributed by atoms with Gasteiger partial charge in [-0.3, -0.25) is 9.59 Å². The van der Waals surface area contributed by atoms with Gasteiger partial charge in [0, 0.05) is 37.8 Å². The van der Waals surface area contributed by atoms with Gasteiger partial charge in [0.1, 0.15) is 5.82 Å². The molecule has 1 aliphatic heterocycles. The Kier molecular flexibility index (Phi) is 4.92. The molecule has 1 aliphatic rings. The molecular formula is C13H16ClN3O3. The molecule has 1 N–H and O–H groups in total. The fourth-order valence-electron chi connectivity index (χ4n) is 2.07. The van der Waals surface area contributed by atoms with Gasteiger partial charge < -0.3 is 15.0 Å². The Morgan fingerprint density at radius 1 is 1.65 bits per heavy atom. The van der Waals surface area contributed by atoms with Crippen molar-refractivity contribution < 1.29 is 14.3 Å². The van der Waals surface area contributed by atoms with Crippen LogP contribution in [-0.2, 0) is 14.3 Å². The minimum atomic E-state index is -0.361. The van der Waals surface area contributed by atoms with Crippen molar-refractivity contribution >= 4 is 29.2 Å². The molecule has 0 bridgehead atoms. The van der Waals surface area contributed by atoms with Gasteiger partial charge in [0.15, 0.2) is 0 Å². The van der Waals surface area contributed by atoms with Gasteiger partial charge in [-0.1, -0.05) is 11.6 Å². The first-order chi connectivity index (χ1) is 9.60. The van der Waals surface area contributed by atoms with Gasteiger partial charge >= 0.3 is 0 Å². The summed E-state index contributed by atoms with van der Waals surface area (Å²) < 4.78 is 4.94. The zero-order valence-corrected chi connectivity index (χ0v) is 11.9. The number of carbonyl (C=O) groups is 2. The molecule has 0 aromatic carbocycles. The number of ether oxygens (including phenoxy) is 1. The summed E-state index contributed by atoms with van der Waals surface area (Å²) >= 11 is 5.82. The second-order valence-corrected chi connectivity index (χ2v) is 5.02. The number of hydrogen-bond donors (Lipinski definition) is 1. The second kappa shape index (κ2) is 6.67. The number of methoxy groups -OCH3 is 1. The standard InChI is InChI=1S/C13H16ClN3O3/c1-20-5-4-17-8-9(6-12(17)18)13(19)16-11-7-10(14)2-3-15-11/h2-3,7,9H,4-6,8H2,1H3,(H,15,16,19). The van der Waals surface area contributed by atoms with Crippen molar-refractivity contribution in [1.29, 1.82) is 0 Å². The third-order valence-corrected chi connectivity index (χ3v) is 3.36. The van der Waals surface area contributed by atoms with Gasteiger partial charge in [-0.15, -0.1) is 0 Å². The Morgan fingerprint density at radius 3 is 3.15 bits per heavy atom. The summed E-state index contributed by atoms with van der Waals surface area (Å²) in [6.45, 7) is 1.39. The van der Waals surface area contributed by atoms with Crippen molar-refractivity contribution in [2.45, 2.75) is 6.42 Å². The molecule has 7 heteroatoms. The van der Waals surface area contributed by atoms with Gasteiger partial charge in [0.25, 0.3) is 0 Å². The molecule has 6 nitrogen and oxygen atoms in total. The quantitative estimate of drug-likeness (QED) is 0.885. The summed E-state index contributed by atoms with van der Waals surface area (Å²) in [5.41, 5.74) is 0. The van der Waals surface area contributed by atoms with Crippen LogP contribution in [0.3, 0.4) is 0 Å². The number of rotatable bonds is 5. The lowest BCUT2D eigenvalue weighted by Crippen LogP contribution is -2.30. The number of halogens is 1. The van der Waals surface area contributed by atoms with Crippen LogP contribution in [0.25, 0.3) is 0 Å². The average Bonchev–Trinajstić information content (AvgIpc) is 2.78. The minimum Gasteiger partial charge on any atom is -0.383 e. The van der Waals surface area contributed by atoms with E-state index in [2.05, 4.69) is 10.3 Å². The predicted molar refractivity (Wildman–Crippen MR) is 74.4 cm³/mol. The first-order valence-electron chi connectivity index (χ1n) is 6.29. The van der Waals surface area contributed by atoms with E-state index in [1.807, 2.05) is 0 Å². The van der Waals surface area contributed by atoms with E-state index in [0.717, 1.165) is 0 Å². The second-order valence-electron chi connectivity index (χ2n) is 4.58. The van der Waals surface area contributed by atoms with Crippen LogP contribution in [0.5, 0.6) is 0 Å². The molecule has 2 rings (SSSR count). The van der Waals surface area contributed by atoms with Crippen LogP contribution in [0, 0.1) is 5.92 Å².